The molecule has 0 bridgehead atoms. The van der Waals surface area contributed by atoms with Crippen molar-refractivity contribution in [1.29, 1.82) is 0 Å². The average molecular weight is 530 g/mol. The molecule has 1 amide bonds. The van der Waals surface area contributed by atoms with Crippen LogP contribution >= 0.6 is 11.6 Å². The molecule has 10 heteroatoms. The molecule has 2 aromatic heterocycles. The van der Waals surface area contributed by atoms with Crippen molar-refractivity contribution in [2.24, 2.45) is 0 Å². The number of benzene rings is 1. The third-order valence-electron chi connectivity index (χ3n) is 4.88. The molecule has 0 radical (unpaired) electrons. The molecule has 1 aromatic carbocycles. The first-order chi connectivity index (χ1) is 17.5. The number of rotatable bonds is 9. The van der Waals surface area contributed by atoms with Gasteiger partial charge in [-0.3, -0.25) is 9.78 Å². The average Bonchev–Trinajstić information content (AvgIpc) is 2.80. The molecule has 0 aliphatic heterocycles. The maximum absolute atomic E-state index is 14.0. The minimum atomic E-state index is -0.673. The van der Waals surface area contributed by atoms with Gasteiger partial charge in [0.25, 0.3) is 5.88 Å². The monoisotopic (exact) mass is 529 g/mol. The first-order valence-corrected chi connectivity index (χ1v) is 12.1. The zero-order valence-electron chi connectivity index (χ0n) is 21.1. The lowest BCUT2D eigenvalue weighted by Crippen LogP contribution is -2.41. The van der Waals surface area contributed by atoms with Gasteiger partial charge in [-0.25, -0.2) is 14.2 Å². The van der Waals surface area contributed by atoms with Gasteiger partial charge in [0.2, 0.25) is 0 Å². The summed E-state index contributed by atoms with van der Waals surface area (Å²) in [7, 11) is 0. The number of ether oxygens (including phenoxy) is 3. The molecular formula is C27H29ClFN3O5. The van der Waals surface area contributed by atoms with Crippen LogP contribution in [0.2, 0.25) is 5.02 Å². The quantitative estimate of drug-likeness (QED) is 0.333. The van der Waals surface area contributed by atoms with Gasteiger partial charge in [0.1, 0.15) is 11.4 Å². The number of amides is 1. The molecule has 37 heavy (non-hydrogen) atoms. The van der Waals surface area contributed by atoms with E-state index < -0.39 is 29.5 Å². The number of nitrogens with zero attached hydrogens (tertiary/aromatic N) is 2. The summed E-state index contributed by atoms with van der Waals surface area (Å²) in [5.41, 5.74) is 1.64. The fourth-order valence-electron chi connectivity index (χ4n) is 3.40. The molecule has 1 atom stereocenters. The standard InChI is InChI=1S/C27H29ClFN3O5/c1-5-35-24(33)15-20(32-26(34)37-27(2,3)4)12-17-10-11-30-23(13-17)18-6-8-21(9-7-18)36-25-22(29)14-19(28)16-31-25/h6-11,13-14,16,20H,5,12,15H2,1-4H3,(H,32,34)/t20-/m0/s1. The molecule has 0 aliphatic rings. The van der Waals surface area contributed by atoms with Gasteiger partial charge >= 0.3 is 12.1 Å². The van der Waals surface area contributed by atoms with Crippen molar-refractivity contribution in [3.63, 3.8) is 0 Å². The largest absolute Gasteiger partial charge is 0.466 e. The Morgan fingerprint density at radius 2 is 1.84 bits per heavy atom. The Labute approximate surface area is 220 Å². The zero-order valence-corrected chi connectivity index (χ0v) is 21.8. The van der Waals surface area contributed by atoms with Crippen LogP contribution in [0.1, 0.15) is 39.7 Å². The number of hydrogen-bond acceptors (Lipinski definition) is 7. The third kappa shape index (κ3) is 9.02. The smallest absolute Gasteiger partial charge is 0.407 e. The number of carbonyl (C=O) groups excluding carboxylic acids is 2. The van der Waals surface area contributed by atoms with E-state index in [1.165, 1.54) is 6.20 Å². The van der Waals surface area contributed by atoms with E-state index in [0.29, 0.717) is 17.9 Å². The summed E-state index contributed by atoms with van der Waals surface area (Å²) >= 11 is 5.73. The molecule has 0 spiro atoms. The van der Waals surface area contributed by atoms with Crippen molar-refractivity contribution >= 4 is 23.7 Å². The third-order valence-corrected chi connectivity index (χ3v) is 5.09. The Hall–Kier alpha value is -3.72. The summed E-state index contributed by atoms with van der Waals surface area (Å²) in [5, 5.41) is 2.94. The predicted octanol–water partition coefficient (Wildman–Crippen LogP) is 6.12. The van der Waals surface area contributed by atoms with Crippen LogP contribution in [0, 0.1) is 5.82 Å². The van der Waals surface area contributed by atoms with E-state index in [1.54, 1.807) is 58.2 Å². The first kappa shape index (κ1) is 27.9. The number of halogens is 2. The van der Waals surface area contributed by atoms with E-state index in [4.69, 9.17) is 25.8 Å². The van der Waals surface area contributed by atoms with Gasteiger partial charge in [0.05, 0.1) is 23.7 Å². The summed E-state index contributed by atoms with van der Waals surface area (Å²) in [6, 6.07) is 11.2. The fourth-order valence-corrected chi connectivity index (χ4v) is 3.54. The number of alkyl carbamates (subject to hydrolysis) is 1. The van der Waals surface area contributed by atoms with E-state index in [9.17, 15) is 14.0 Å². The van der Waals surface area contributed by atoms with Crippen LogP contribution in [-0.4, -0.2) is 40.3 Å². The lowest BCUT2D eigenvalue weighted by atomic mass is 10.0. The maximum atomic E-state index is 14.0. The molecule has 0 fully saturated rings. The highest BCUT2D eigenvalue weighted by atomic mass is 35.5. The molecule has 3 rings (SSSR count). The number of carbonyl (C=O) groups is 2. The highest BCUT2D eigenvalue weighted by Crippen LogP contribution is 2.27. The van der Waals surface area contributed by atoms with Crippen molar-refractivity contribution in [3.05, 3.63) is 71.3 Å². The van der Waals surface area contributed by atoms with Crippen molar-refractivity contribution in [1.82, 2.24) is 15.3 Å². The molecule has 0 aliphatic carbocycles. The lowest BCUT2D eigenvalue weighted by Gasteiger charge is -2.23. The van der Waals surface area contributed by atoms with Crippen LogP contribution in [0.25, 0.3) is 11.3 Å². The second kappa shape index (κ2) is 12.5. The predicted molar refractivity (Wildman–Crippen MR) is 137 cm³/mol. The van der Waals surface area contributed by atoms with Gasteiger partial charge in [0, 0.05) is 24.0 Å². The van der Waals surface area contributed by atoms with Crippen LogP contribution < -0.4 is 10.1 Å². The van der Waals surface area contributed by atoms with E-state index >= 15 is 0 Å². The molecule has 196 valence electrons. The highest BCUT2D eigenvalue weighted by molar-refractivity contribution is 6.30. The number of hydrogen-bond donors (Lipinski definition) is 1. The van der Waals surface area contributed by atoms with E-state index in [-0.39, 0.29) is 23.9 Å². The second-order valence-corrected chi connectivity index (χ2v) is 9.61. The van der Waals surface area contributed by atoms with Crippen molar-refractivity contribution in [2.75, 3.05) is 6.61 Å². The van der Waals surface area contributed by atoms with Gasteiger partial charge in [-0.15, -0.1) is 0 Å². The SMILES string of the molecule is CCOC(=O)C[C@H](Cc1ccnc(-c2ccc(Oc3ncc(Cl)cc3F)cc2)c1)NC(=O)OC(C)(C)C. The Morgan fingerprint density at radius 3 is 2.49 bits per heavy atom. The second-order valence-electron chi connectivity index (χ2n) is 9.17. The summed E-state index contributed by atoms with van der Waals surface area (Å²) < 4.78 is 29.9. The van der Waals surface area contributed by atoms with Crippen molar-refractivity contribution in [2.45, 2.75) is 52.2 Å². The van der Waals surface area contributed by atoms with E-state index in [1.807, 2.05) is 12.1 Å². The van der Waals surface area contributed by atoms with Crippen LogP contribution in [-0.2, 0) is 20.7 Å². The molecule has 0 saturated carbocycles. The van der Waals surface area contributed by atoms with Crippen molar-refractivity contribution < 1.29 is 28.2 Å². The number of esters is 1. The summed E-state index contributed by atoms with van der Waals surface area (Å²) in [4.78, 5) is 32.7. The highest BCUT2D eigenvalue weighted by Gasteiger charge is 2.22. The van der Waals surface area contributed by atoms with Crippen molar-refractivity contribution in [3.8, 4) is 22.9 Å². The van der Waals surface area contributed by atoms with Crippen LogP contribution in [0.5, 0.6) is 11.6 Å². The minimum absolute atomic E-state index is 0.00787. The maximum Gasteiger partial charge on any atom is 0.407 e. The summed E-state index contributed by atoms with van der Waals surface area (Å²) in [5.74, 6) is -0.865. The molecular weight excluding hydrogens is 501 g/mol. The molecule has 8 nitrogen and oxygen atoms in total. The van der Waals surface area contributed by atoms with Crippen LogP contribution in [0.4, 0.5) is 9.18 Å². The van der Waals surface area contributed by atoms with Gasteiger partial charge < -0.3 is 19.5 Å². The van der Waals surface area contributed by atoms with Gasteiger partial charge in [-0.2, -0.15) is 0 Å². The zero-order chi connectivity index (χ0) is 27.0. The van der Waals surface area contributed by atoms with Crippen LogP contribution in [0.15, 0.2) is 54.9 Å². The van der Waals surface area contributed by atoms with Gasteiger partial charge in [0.15, 0.2) is 5.82 Å². The van der Waals surface area contributed by atoms with E-state index in [0.717, 1.165) is 17.2 Å². The summed E-state index contributed by atoms with van der Waals surface area (Å²) in [6.07, 6.45) is 2.69. The molecule has 1 N–H and O–H groups in total. The minimum Gasteiger partial charge on any atom is -0.466 e. The van der Waals surface area contributed by atoms with Crippen LogP contribution in [0.3, 0.4) is 0 Å². The molecule has 3 aromatic rings. The Balaban J connectivity index is 1.73. The number of aromatic nitrogens is 2. The summed E-state index contributed by atoms with van der Waals surface area (Å²) in [6.45, 7) is 7.27. The molecule has 2 heterocycles. The Morgan fingerprint density at radius 1 is 1.11 bits per heavy atom. The molecule has 0 saturated heterocycles. The molecule has 0 unspecified atom stereocenters. The Kier molecular flexibility index (Phi) is 9.41. The number of nitrogens with one attached hydrogen (secondary N) is 1. The van der Waals surface area contributed by atoms with Gasteiger partial charge in [-0.05, 0) is 82.1 Å². The Bertz CT molecular complexity index is 1230. The number of pyridine rings is 2. The first-order valence-electron chi connectivity index (χ1n) is 11.7. The normalized spacial score (nSPS) is 11.9. The van der Waals surface area contributed by atoms with Gasteiger partial charge in [-0.1, -0.05) is 11.6 Å². The topological polar surface area (TPSA) is 99.6 Å². The lowest BCUT2D eigenvalue weighted by molar-refractivity contribution is -0.143. The van der Waals surface area contributed by atoms with E-state index in [2.05, 4.69) is 15.3 Å². The fraction of sp³-hybridized carbons (Fsp3) is 0.333.